The van der Waals surface area contributed by atoms with Crippen LogP contribution in [0.4, 0.5) is 13.2 Å². The number of carbonyl (C=O) groups is 1. The molecule has 6 heteroatoms. The fourth-order valence-electron chi connectivity index (χ4n) is 2.84. The number of nitrogens with one attached hydrogen (secondary N) is 1. The highest BCUT2D eigenvalue weighted by Gasteiger charge is 2.34. The summed E-state index contributed by atoms with van der Waals surface area (Å²) < 4.78 is 39.0. The summed E-state index contributed by atoms with van der Waals surface area (Å²) in [4.78, 5) is 15.3. The van der Waals surface area contributed by atoms with Gasteiger partial charge in [0.25, 0.3) is 0 Å². The molecule has 0 aliphatic heterocycles. The molecule has 3 rings (SSSR count). The van der Waals surface area contributed by atoms with Crippen molar-refractivity contribution in [1.29, 1.82) is 0 Å². The van der Waals surface area contributed by atoms with E-state index in [1.165, 1.54) is 18.2 Å². The van der Waals surface area contributed by atoms with Gasteiger partial charge in [0.2, 0.25) is 0 Å². The minimum Gasteiger partial charge on any atom is -0.388 e. The fraction of sp³-hybridized carbons (Fsp3) is 0.211. The first-order chi connectivity index (χ1) is 11.9. The molecule has 0 radical (unpaired) electrons. The molecule has 0 spiro atoms. The van der Waals surface area contributed by atoms with Crippen molar-refractivity contribution in [3.8, 4) is 0 Å². The van der Waals surface area contributed by atoms with Gasteiger partial charge in [-0.1, -0.05) is 18.2 Å². The minimum absolute atomic E-state index is 0.0384. The zero-order valence-electron chi connectivity index (χ0n) is 13.2. The number of ketones is 1. The second-order valence-corrected chi connectivity index (χ2v) is 5.84. The molecule has 0 fully saturated rings. The van der Waals surface area contributed by atoms with Crippen molar-refractivity contribution in [3.63, 3.8) is 0 Å². The first kappa shape index (κ1) is 17.2. The number of fused-ring (bicyclic) bond motifs is 1. The summed E-state index contributed by atoms with van der Waals surface area (Å²) in [5.74, 6) is -0.216. The largest absolute Gasteiger partial charge is 0.416 e. The fourth-order valence-corrected chi connectivity index (χ4v) is 2.84. The Morgan fingerprint density at radius 3 is 2.64 bits per heavy atom. The molecule has 1 aromatic heterocycles. The van der Waals surface area contributed by atoms with Crippen LogP contribution in [-0.2, 0) is 6.18 Å². The zero-order valence-corrected chi connectivity index (χ0v) is 13.2. The molecule has 130 valence electrons. The lowest BCUT2D eigenvalue weighted by atomic mass is 9.96. The van der Waals surface area contributed by atoms with E-state index in [2.05, 4.69) is 4.98 Å². The third-order valence-electron chi connectivity index (χ3n) is 4.15. The number of carbonyl (C=O) groups excluding carboxylic acids is 1. The second-order valence-electron chi connectivity index (χ2n) is 5.84. The van der Waals surface area contributed by atoms with E-state index in [4.69, 9.17) is 0 Å². The predicted molar refractivity (Wildman–Crippen MR) is 88.3 cm³/mol. The molecule has 1 heterocycles. The van der Waals surface area contributed by atoms with Crippen molar-refractivity contribution < 1.29 is 23.1 Å². The summed E-state index contributed by atoms with van der Waals surface area (Å²) in [6.45, 7) is 0. The van der Waals surface area contributed by atoms with Crippen LogP contribution in [0.1, 0.15) is 40.4 Å². The number of rotatable bonds is 5. The standard InChI is InChI=1S/C19H16F3NO2/c20-19(21,22)15-4-2-1-3-14(15)18(25)8-7-17(24)13-5-6-16-12(11-13)9-10-23-16/h1-6,9-11,18,23,25H,7-8H2. The number of aromatic amines is 1. The van der Waals surface area contributed by atoms with Crippen LogP contribution < -0.4 is 0 Å². The van der Waals surface area contributed by atoms with Crippen LogP contribution in [0, 0.1) is 0 Å². The molecule has 3 aromatic rings. The van der Waals surface area contributed by atoms with Crippen LogP contribution in [0.2, 0.25) is 0 Å². The molecule has 25 heavy (non-hydrogen) atoms. The Morgan fingerprint density at radius 2 is 1.88 bits per heavy atom. The Bertz CT molecular complexity index is 899. The summed E-state index contributed by atoms with van der Waals surface area (Å²) in [5, 5.41) is 11.0. The highest BCUT2D eigenvalue weighted by Crippen LogP contribution is 2.35. The molecule has 0 aliphatic carbocycles. The van der Waals surface area contributed by atoms with E-state index in [-0.39, 0.29) is 24.2 Å². The Hall–Kier alpha value is -2.60. The normalized spacial score (nSPS) is 13.1. The zero-order chi connectivity index (χ0) is 18.0. The van der Waals surface area contributed by atoms with Gasteiger partial charge in [0.1, 0.15) is 0 Å². The van der Waals surface area contributed by atoms with E-state index < -0.39 is 17.8 Å². The number of benzene rings is 2. The summed E-state index contributed by atoms with van der Waals surface area (Å²) in [7, 11) is 0. The Morgan fingerprint density at radius 1 is 1.12 bits per heavy atom. The van der Waals surface area contributed by atoms with Crippen molar-refractivity contribution in [1.82, 2.24) is 4.98 Å². The molecule has 0 amide bonds. The monoisotopic (exact) mass is 347 g/mol. The summed E-state index contributed by atoms with van der Waals surface area (Å²) in [5.41, 5.74) is 0.298. The summed E-state index contributed by atoms with van der Waals surface area (Å²) in [6.07, 6.45) is -4.24. The first-order valence-electron chi connectivity index (χ1n) is 7.81. The van der Waals surface area contributed by atoms with Crippen molar-refractivity contribution in [2.24, 2.45) is 0 Å². The lowest BCUT2D eigenvalue weighted by Crippen LogP contribution is -2.13. The summed E-state index contributed by atoms with van der Waals surface area (Å²) in [6, 6.07) is 11.9. The first-order valence-corrected chi connectivity index (χ1v) is 7.81. The molecule has 2 aromatic carbocycles. The molecular weight excluding hydrogens is 331 g/mol. The predicted octanol–water partition coefficient (Wildman–Crippen LogP) is 4.88. The van der Waals surface area contributed by atoms with Crippen molar-refractivity contribution in [2.75, 3.05) is 0 Å². The number of aliphatic hydroxyl groups excluding tert-OH is 1. The summed E-state index contributed by atoms with van der Waals surface area (Å²) >= 11 is 0. The molecule has 0 aliphatic rings. The number of hydrogen-bond acceptors (Lipinski definition) is 2. The third kappa shape index (κ3) is 3.74. The molecule has 1 unspecified atom stereocenters. The highest BCUT2D eigenvalue weighted by molar-refractivity contribution is 5.99. The van der Waals surface area contributed by atoms with Crippen molar-refractivity contribution in [2.45, 2.75) is 25.1 Å². The van der Waals surface area contributed by atoms with Gasteiger partial charge in [-0.2, -0.15) is 13.2 Å². The van der Waals surface area contributed by atoms with E-state index >= 15 is 0 Å². The number of hydrogen-bond donors (Lipinski definition) is 2. The number of halogens is 3. The number of alkyl halides is 3. The van der Waals surface area contributed by atoms with Gasteiger partial charge in [-0.05, 0) is 42.3 Å². The van der Waals surface area contributed by atoms with E-state index in [1.54, 1.807) is 24.4 Å². The smallest absolute Gasteiger partial charge is 0.388 e. The lowest BCUT2D eigenvalue weighted by molar-refractivity contribution is -0.139. The van der Waals surface area contributed by atoms with Gasteiger partial charge >= 0.3 is 6.18 Å². The van der Waals surface area contributed by atoms with Crippen molar-refractivity contribution >= 4 is 16.7 Å². The SMILES string of the molecule is O=C(CCC(O)c1ccccc1C(F)(F)F)c1ccc2[nH]ccc2c1. The topological polar surface area (TPSA) is 53.1 Å². The maximum absolute atomic E-state index is 13.0. The Balaban J connectivity index is 1.72. The number of aromatic nitrogens is 1. The number of Topliss-reactive ketones (excluding diaryl/α,β-unsaturated/α-hetero) is 1. The van der Waals surface area contributed by atoms with Gasteiger partial charge < -0.3 is 10.1 Å². The quantitative estimate of drug-likeness (QED) is 0.646. The minimum atomic E-state index is -4.54. The third-order valence-corrected chi connectivity index (χ3v) is 4.15. The average Bonchev–Trinajstić information content (AvgIpc) is 3.06. The average molecular weight is 347 g/mol. The highest BCUT2D eigenvalue weighted by atomic mass is 19.4. The van der Waals surface area contributed by atoms with Crippen LogP contribution in [0.25, 0.3) is 10.9 Å². The van der Waals surface area contributed by atoms with E-state index in [9.17, 15) is 23.1 Å². The van der Waals surface area contributed by atoms with E-state index in [1.807, 2.05) is 6.07 Å². The van der Waals surface area contributed by atoms with Crippen LogP contribution in [0.15, 0.2) is 54.7 Å². The maximum Gasteiger partial charge on any atom is 0.416 e. The van der Waals surface area contributed by atoms with Crippen LogP contribution in [-0.4, -0.2) is 15.9 Å². The molecule has 0 bridgehead atoms. The van der Waals surface area contributed by atoms with Gasteiger partial charge in [-0.15, -0.1) is 0 Å². The van der Waals surface area contributed by atoms with Gasteiger partial charge in [0.05, 0.1) is 11.7 Å². The second kappa shape index (κ2) is 6.72. The molecule has 0 saturated carbocycles. The number of aliphatic hydroxyl groups is 1. The van der Waals surface area contributed by atoms with Gasteiger partial charge in [-0.3, -0.25) is 4.79 Å². The van der Waals surface area contributed by atoms with Crippen LogP contribution in [0.5, 0.6) is 0 Å². The molecular formula is C19H16F3NO2. The Labute approximate surface area is 142 Å². The van der Waals surface area contributed by atoms with Gasteiger partial charge in [0, 0.05) is 29.1 Å². The van der Waals surface area contributed by atoms with Crippen LogP contribution >= 0.6 is 0 Å². The van der Waals surface area contributed by atoms with Gasteiger partial charge in [-0.25, -0.2) is 0 Å². The van der Waals surface area contributed by atoms with E-state index in [0.717, 1.165) is 17.0 Å². The number of H-pyrrole nitrogens is 1. The molecule has 0 saturated heterocycles. The van der Waals surface area contributed by atoms with Crippen LogP contribution in [0.3, 0.4) is 0 Å². The lowest BCUT2D eigenvalue weighted by Gasteiger charge is -2.17. The van der Waals surface area contributed by atoms with Crippen molar-refractivity contribution in [3.05, 3.63) is 71.4 Å². The van der Waals surface area contributed by atoms with Gasteiger partial charge in [0.15, 0.2) is 5.78 Å². The molecule has 3 nitrogen and oxygen atoms in total. The molecule has 1 atom stereocenters. The van der Waals surface area contributed by atoms with E-state index in [0.29, 0.717) is 5.56 Å². The maximum atomic E-state index is 13.0. The Kier molecular flexibility index (Phi) is 4.63. The molecule has 2 N–H and O–H groups in total.